The highest BCUT2D eigenvalue weighted by Crippen LogP contribution is 2.14. The van der Waals surface area contributed by atoms with Gasteiger partial charge in [-0.2, -0.15) is 0 Å². The van der Waals surface area contributed by atoms with E-state index >= 15 is 0 Å². The Kier molecular flexibility index (Phi) is 6.91. The normalized spacial score (nSPS) is 10.7. The first-order valence-electron chi connectivity index (χ1n) is 8.20. The number of benzene rings is 2. The number of halogens is 1. The van der Waals surface area contributed by atoms with Gasteiger partial charge in [-0.25, -0.2) is 4.39 Å². The van der Waals surface area contributed by atoms with Crippen LogP contribution in [-0.2, 0) is 16.1 Å². The predicted octanol–water partition coefficient (Wildman–Crippen LogP) is 2.75. The van der Waals surface area contributed by atoms with Crippen molar-refractivity contribution in [3.63, 3.8) is 0 Å². The monoisotopic (exact) mass is 356 g/mol. The zero-order valence-corrected chi connectivity index (χ0v) is 14.5. The number of rotatable bonds is 8. The number of nitrogens with zero attached hydrogens (tertiary/aromatic N) is 1. The van der Waals surface area contributed by atoms with E-state index in [-0.39, 0.29) is 18.3 Å². The van der Waals surface area contributed by atoms with Crippen molar-refractivity contribution < 1.29 is 18.7 Å². The smallest absolute Gasteiger partial charge is 0.255 e. The van der Waals surface area contributed by atoms with Gasteiger partial charge in [0.2, 0.25) is 5.91 Å². The largest absolute Gasteiger partial charge is 0.484 e. The lowest BCUT2D eigenvalue weighted by molar-refractivity contribution is -0.126. The van der Waals surface area contributed by atoms with Crippen molar-refractivity contribution in [3.05, 3.63) is 71.6 Å². The first-order chi connectivity index (χ1) is 12.5. The molecular formula is C20H21FN2O3. The number of amides is 2. The lowest BCUT2D eigenvalue weighted by Crippen LogP contribution is -2.28. The Balaban J connectivity index is 1.96. The van der Waals surface area contributed by atoms with Crippen LogP contribution in [0.1, 0.15) is 18.1 Å². The summed E-state index contributed by atoms with van der Waals surface area (Å²) in [6.07, 6.45) is 3.16. The summed E-state index contributed by atoms with van der Waals surface area (Å²) >= 11 is 0. The molecule has 5 nitrogen and oxygen atoms in total. The molecule has 0 saturated carbocycles. The number of carbonyl (C=O) groups excluding carboxylic acids is 2. The van der Waals surface area contributed by atoms with Crippen LogP contribution in [0.15, 0.2) is 54.6 Å². The second-order valence-electron chi connectivity index (χ2n) is 5.64. The second kappa shape index (κ2) is 9.36. The molecule has 0 aliphatic heterocycles. The van der Waals surface area contributed by atoms with Gasteiger partial charge in [0.15, 0.2) is 6.61 Å². The maximum Gasteiger partial charge on any atom is 0.255 e. The molecule has 0 aromatic heterocycles. The summed E-state index contributed by atoms with van der Waals surface area (Å²) in [6.45, 7) is 2.55. The topological polar surface area (TPSA) is 72.6 Å². The highest BCUT2D eigenvalue weighted by molar-refractivity contribution is 5.91. The van der Waals surface area contributed by atoms with Gasteiger partial charge in [-0.3, -0.25) is 9.59 Å². The fourth-order valence-electron chi connectivity index (χ4n) is 2.30. The highest BCUT2D eigenvalue weighted by Gasteiger charge is 2.09. The molecule has 26 heavy (non-hydrogen) atoms. The van der Waals surface area contributed by atoms with Crippen LogP contribution in [0.2, 0.25) is 0 Å². The van der Waals surface area contributed by atoms with Crippen molar-refractivity contribution in [2.45, 2.75) is 13.5 Å². The van der Waals surface area contributed by atoms with Gasteiger partial charge in [0, 0.05) is 19.2 Å². The van der Waals surface area contributed by atoms with Gasteiger partial charge in [-0.1, -0.05) is 24.3 Å². The molecule has 0 atom stereocenters. The van der Waals surface area contributed by atoms with Crippen molar-refractivity contribution in [2.75, 3.05) is 13.2 Å². The van der Waals surface area contributed by atoms with Crippen molar-refractivity contribution >= 4 is 17.9 Å². The maximum atomic E-state index is 13.3. The summed E-state index contributed by atoms with van der Waals surface area (Å²) in [7, 11) is 0. The van der Waals surface area contributed by atoms with E-state index in [1.165, 1.54) is 18.2 Å². The Labute approximate surface area is 151 Å². The Morgan fingerprint density at radius 3 is 2.54 bits per heavy atom. The van der Waals surface area contributed by atoms with Gasteiger partial charge in [-0.15, -0.1) is 0 Å². The minimum Gasteiger partial charge on any atom is -0.484 e. The van der Waals surface area contributed by atoms with Crippen LogP contribution in [0.5, 0.6) is 5.75 Å². The standard InChI is InChI=1S/C20H21FN2O3/c1-2-23(13-16-4-3-5-17(21)12-16)20(25)11-8-15-6-9-18(10-7-15)26-14-19(22)24/h3-12H,2,13-14H2,1H3,(H2,22,24)/b11-8-. The molecule has 0 fully saturated rings. The van der Waals surface area contributed by atoms with E-state index in [1.54, 1.807) is 47.4 Å². The molecule has 2 aromatic rings. The third-order valence-corrected chi connectivity index (χ3v) is 3.64. The number of hydrogen-bond donors (Lipinski definition) is 1. The number of carbonyl (C=O) groups is 2. The van der Waals surface area contributed by atoms with Gasteiger partial charge in [0.25, 0.3) is 5.91 Å². The summed E-state index contributed by atoms with van der Waals surface area (Å²) < 4.78 is 18.4. The molecule has 2 rings (SSSR count). The Bertz CT molecular complexity index is 788. The zero-order chi connectivity index (χ0) is 18.9. The van der Waals surface area contributed by atoms with Gasteiger partial charge in [0.05, 0.1) is 0 Å². The molecule has 0 aliphatic carbocycles. The lowest BCUT2D eigenvalue weighted by atomic mass is 10.2. The van der Waals surface area contributed by atoms with Crippen LogP contribution in [0.4, 0.5) is 4.39 Å². The molecule has 2 amide bonds. The van der Waals surface area contributed by atoms with Crippen molar-refractivity contribution in [1.82, 2.24) is 4.90 Å². The number of hydrogen-bond acceptors (Lipinski definition) is 3. The van der Waals surface area contributed by atoms with Gasteiger partial charge < -0.3 is 15.4 Å². The molecule has 2 aromatic carbocycles. The van der Waals surface area contributed by atoms with Crippen molar-refractivity contribution in [2.24, 2.45) is 5.73 Å². The van der Waals surface area contributed by atoms with E-state index in [2.05, 4.69) is 0 Å². The summed E-state index contributed by atoms with van der Waals surface area (Å²) in [5.74, 6) is -0.503. The summed E-state index contributed by atoms with van der Waals surface area (Å²) in [6, 6.07) is 13.1. The number of primary amides is 1. The number of ether oxygens (including phenoxy) is 1. The molecule has 0 bridgehead atoms. The van der Waals surface area contributed by atoms with Crippen LogP contribution >= 0.6 is 0 Å². The van der Waals surface area contributed by atoms with E-state index < -0.39 is 5.91 Å². The van der Waals surface area contributed by atoms with E-state index in [0.717, 1.165) is 11.1 Å². The Morgan fingerprint density at radius 1 is 1.19 bits per heavy atom. The maximum absolute atomic E-state index is 13.3. The molecule has 0 radical (unpaired) electrons. The average Bonchev–Trinajstić information content (AvgIpc) is 2.63. The molecule has 0 aliphatic rings. The molecule has 136 valence electrons. The quantitative estimate of drug-likeness (QED) is 0.739. The first-order valence-corrected chi connectivity index (χ1v) is 8.20. The number of nitrogens with two attached hydrogens (primary N) is 1. The first kappa shape index (κ1) is 19.2. The third kappa shape index (κ3) is 6.05. The van der Waals surface area contributed by atoms with E-state index in [4.69, 9.17) is 10.5 Å². The minimum atomic E-state index is -0.544. The molecule has 0 heterocycles. The fourth-order valence-corrected chi connectivity index (χ4v) is 2.30. The molecular weight excluding hydrogens is 335 g/mol. The van der Waals surface area contributed by atoms with Crippen LogP contribution in [-0.4, -0.2) is 29.9 Å². The van der Waals surface area contributed by atoms with Gasteiger partial charge in [-0.05, 0) is 48.4 Å². The summed E-state index contributed by atoms with van der Waals surface area (Å²) in [5, 5.41) is 0. The number of likely N-dealkylation sites (N-methyl/N-ethyl adjacent to an activating group) is 1. The van der Waals surface area contributed by atoms with E-state index in [9.17, 15) is 14.0 Å². The van der Waals surface area contributed by atoms with Gasteiger partial charge >= 0.3 is 0 Å². The summed E-state index contributed by atoms with van der Waals surface area (Å²) in [5.41, 5.74) is 6.57. The van der Waals surface area contributed by atoms with Gasteiger partial charge in [0.1, 0.15) is 11.6 Å². The highest BCUT2D eigenvalue weighted by atomic mass is 19.1. The molecule has 6 heteroatoms. The molecule has 0 unspecified atom stereocenters. The van der Waals surface area contributed by atoms with Crippen LogP contribution in [0.25, 0.3) is 6.08 Å². The van der Waals surface area contributed by atoms with E-state index in [1.807, 2.05) is 6.92 Å². The van der Waals surface area contributed by atoms with Crippen LogP contribution in [0.3, 0.4) is 0 Å². The van der Waals surface area contributed by atoms with Crippen LogP contribution < -0.4 is 10.5 Å². The SMILES string of the molecule is CCN(Cc1cccc(F)c1)C(=O)/C=C\c1ccc(OCC(N)=O)cc1. The Hall–Kier alpha value is -3.15. The lowest BCUT2D eigenvalue weighted by Gasteiger charge is -2.19. The summed E-state index contributed by atoms with van der Waals surface area (Å²) in [4.78, 5) is 24.7. The fraction of sp³-hybridized carbons (Fsp3) is 0.200. The minimum absolute atomic E-state index is 0.161. The van der Waals surface area contributed by atoms with E-state index in [0.29, 0.717) is 18.8 Å². The molecule has 2 N–H and O–H groups in total. The average molecular weight is 356 g/mol. The predicted molar refractivity (Wildman–Crippen MR) is 97.7 cm³/mol. The Morgan fingerprint density at radius 2 is 1.92 bits per heavy atom. The van der Waals surface area contributed by atoms with Crippen molar-refractivity contribution in [1.29, 1.82) is 0 Å². The van der Waals surface area contributed by atoms with Crippen molar-refractivity contribution in [3.8, 4) is 5.75 Å². The second-order valence-corrected chi connectivity index (χ2v) is 5.64. The third-order valence-electron chi connectivity index (χ3n) is 3.64. The zero-order valence-electron chi connectivity index (χ0n) is 14.5. The van der Waals surface area contributed by atoms with Crippen LogP contribution in [0, 0.1) is 5.82 Å². The molecule has 0 spiro atoms. The molecule has 0 saturated heterocycles.